The maximum absolute atomic E-state index is 12.0. The second-order valence-electron chi connectivity index (χ2n) is 5.12. The number of para-hydroxylation sites is 2. The fourth-order valence-electron chi connectivity index (χ4n) is 1.95. The molecule has 0 aliphatic carbocycles. The number of carbonyl (C=O) groups excluding carboxylic acids is 1. The summed E-state index contributed by atoms with van der Waals surface area (Å²) in [5.41, 5.74) is 0. The third-order valence-electron chi connectivity index (χ3n) is 3.01. The molecule has 20 heavy (non-hydrogen) atoms. The molecule has 1 heterocycles. The Hall–Kier alpha value is -1.75. The fourth-order valence-corrected chi connectivity index (χ4v) is 1.95. The van der Waals surface area contributed by atoms with E-state index in [2.05, 4.69) is 24.5 Å². The highest BCUT2D eigenvalue weighted by atomic mass is 16.6. The van der Waals surface area contributed by atoms with Gasteiger partial charge in [0.15, 0.2) is 11.5 Å². The van der Waals surface area contributed by atoms with Gasteiger partial charge in [-0.3, -0.25) is 4.79 Å². The molecule has 5 nitrogen and oxygen atoms in total. The summed E-state index contributed by atoms with van der Waals surface area (Å²) in [5, 5.41) is 6.18. The topological polar surface area (TPSA) is 59.6 Å². The second-order valence-corrected chi connectivity index (χ2v) is 5.12. The van der Waals surface area contributed by atoms with Gasteiger partial charge in [-0.2, -0.15) is 0 Å². The van der Waals surface area contributed by atoms with Gasteiger partial charge in [0.2, 0.25) is 6.10 Å². The van der Waals surface area contributed by atoms with Crippen LogP contribution in [0.3, 0.4) is 0 Å². The monoisotopic (exact) mass is 278 g/mol. The first-order valence-corrected chi connectivity index (χ1v) is 7.06. The largest absolute Gasteiger partial charge is 0.485 e. The van der Waals surface area contributed by atoms with Crippen molar-refractivity contribution in [1.29, 1.82) is 0 Å². The maximum atomic E-state index is 12.0. The first kappa shape index (κ1) is 14.7. The quantitative estimate of drug-likeness (QED) is 0.771. The molecular weight excluding hydrogens is 256 g/mol. The van der Waals surface area contributed by atoms with Crippen molar-refractivity contribution in [3.8, 4) is 11.5 Å². The van der Waals surface area contributed by atoms with Crippen LogP contribution in [-0.4, -0.2) is 37.7 Å². The van der Waals surface area contributed by atoms with E-state index in [0.29, 0.717) is 24.1 Å². The molecule has 2 rings (SSSR count). The molecule has 110 valence electrons. The Morgan fingerprint density at radius 1 is 1.30 bits per heavy atom. The molecular formula is C15H22N2O3. The van der Waals surface area contributed by atoms with Gasteiger partial charge >= 0.3 is 0 Å². The predicted molar refractivity (Wildman–Crippen MR) is 77.1 cm³/mol. The molecule has 0 saturated heterocycles. The Labute approximate surface area is 119 Å². The molecule has 2 N–H and O–H groups in total. The van der Waals surface area contributed by atoms with Crippen molar-refractivity contribution in [2.45, 2.75) is 32.4 Å². The van der Waals surface area contributed by atoms with Gasteiger partial charge in [0.1, 0.15) is 6.61 Å². The van der Waals surface area contributed by atoms with Crippen LogP contribution in [0.4, 0.5) is 0 Å². The van der Waals surface area contributed by atoms with Crippen LogP contribution in [0.2, 0.25) is 0 Å². The molecule has 1 aliphatic heterocycles. The molecule has 1 aliphatic rings. The van der Waals surface area contributed by atoms with E-state index in [1.807, 2.05) is 18.2 Å². The van der Waals surface area contributed by atoms with Crippen LogP contribution in [0, 0.1) is 0 Å². The number of hydrogen-bond acceptors (Lipinski definition) is 4. The standard InChI is InChI=1S/C15H22N2O3/c1-11(2)16-8-5-9-17-15(18)14-10-19-12-6-3-4-7-13(12)20-14/h3-4,6-7,11,14,16H,5,8-10H2,1-2H3,(H,17,18)/t14-/m1/s1. The lowest BCUT2D eigenvalue weighted by atomic mass is 10.2. The summed E-state index contributed by atoms with van der Waals surface area (Å²) in [6.07, 6.45) is 0.330. The molecule has 0 bridgehead atoms. The van der Waals surface area contributed by atoms with Crippen LogP contribution >= 0.6 is 0 Å². The molecule has 0 fully saturated rings. The Kier molecular flexibility index (Phi) is 5.24. The van der Waals surface area contributed by atoms with Crippen LogP contribution in [0.5, 0.6) is 11.5 Å². The normalized spacial score (nSPS) is 17.1. The molecule has 1 aromatic carbocycles. The van der Waals surface area contributed by atoms with Crippen molar-refractivity contribution in [3.63, 3.8) is 0 Å². The number of rotatable bonds is 6. The second kappa shape index (κ2) is 7.14. The number of benzene rings is 1. The average molecular weight is 278 g/mol. The summed E-state index contributed by atoms with van der Waals surface area (Å²) in [5.74, 6) is 1.20. The van der Waals surface area contributed by atoms with E-state index in [1.165, 1.54) is 0 Å². The minimum atomic E-state index is -0.567. The predicted octanol–water partition coefficient (Wildman–Crippen LogP) is 1.33. The smallest absolute Gasteiger partial charge is 0.264 e. The van der Waals surface area contributed by atoms with Crippen LogP contribution in [0.1, 0.15) is 20.3 Å². The molecule has 1 amide bonds. The molecule has 5 heteroatoms. The summed E-state index contributed by atoms with van der Waals surface area (Å²) in [6.45, 7) is 5.99. The number of nitrogens with one attached hydrogen (secondary N) is 2. The summed E-state index contributed by atoms with van der Waals surface area (Å²) >= 11 is 0. The Balaban J connectivity index is 1.72. The summed E-state index contributed by atoms with van der Waals surface area (Å²) in [4.78, 5) is 12.0. The molecule has 0 aromatic heterocycles. The molecule has 1 aromatic rings. The maximum Gasteiger partial charge on any atom is 0.264 e. The lowest BCUT2D eigenvalue weighted by Crippen LogP contribution is -2.44. The SMILES string of the molecule is CC(C)NCCCNC(=O)[C@H]1COc2ccccc2O1. The highest BCUT2D eigenvalue weighted by Gasteiger charge is 2.26. The van der Waals surface area contributed by atoms with Crippen molar-refractivity contribution in [2.24, 2.45) is 0 Å². The molecule has 0 saturated carbocycles. The Morgan fingerprint density at radius 2 is 2.05 bits per heavy atom. The van der Waals surface area contributed by atoms with E-state index in [-0.39, 0.29) is 12.5 Å². The molecule has 1 atom stereocenters. The van der Waals surface area contributed by atoms with Crippen LogP contribution in [0.15, 0.2) is 24.3 Å². The third kappa shape index (κ3) is 4.13. The number of amides is 1. The number of carbonyl (C=O) groups is 1. The van der Waals surface area contributed by atoms with Crippen molar-refractivity contribution in [3.05, 3.63) is 24.3 Å². The van der Waals surface area contributed by atoms with E-state index < -0.39 is 6.10 Å². The highest BCUT2D eigenvalue weighted by Crippen LogP contribution is 2.30. The lowest BCUT2D eigenvalue weighted by Gasteiger charge is -2.25. The first-order valence-electron chi connectivity index (χ1n) is 7.06. The van der Waals surface area contributed by atoms with E-state index in [9.17, 15) is 4.79 Å². The van der Waals surface area contributed by atoms with Gasteiger partial charge in [-0.15, -0.1) is 0 Å². The average Bonchev–Trinajstić information content (AvgIpc) is 2.46. The zero-order valence-corrected chi connectivity index (χ0v) is 12.0. The molecule has 0 spiro atoms. The number of fused-ring (bicyclic) bond motifs is 1. The Morgan fingerprint density at radius 3 is 2.80 bits per heavy atom. The van der Waals surface area contributed by atoms with Gasteiger partial charge < -0.3 is 20.1 Å². The van der Waals surface area contributed by atoms with Crippen LogP contribution < -0.4 is 20.1 Å². The first-order chi connectivity index (χ1) is 9.66. The van der Waals surface area contributed by atoms with E-state index >= 15 is 0 Å². The van der Waals surface area contributed by atoms with Crippen molar-refractivity contribution in [1.82, 2.24) is 10.6 Å². The zero-order valence-electron chi connectivity index (χ0n) is 12.0. The number of ether oxygens (including phenoxy) is 2. The van der Waals surface area contributed by atoms with E-state index in [4.69, 9.17) is 9.47 Å². The minimum absolute atomic E-state index is 0.121. The minimum Gasteiger partial charge on any atom is -0.485 e. The van der Waals surface area contributed by atoms with Gasteiger partial charge in [0, 0.05) is 12.6 Å². The van der Waals surface area contributed by atoms with Crippen molar-refractivity contribution >= 4 is 5.91 Å². The molecule has 0 unspecified atom stereocenters. The van der Waals surface area contributed by atoms with Gasteiger partial charge in [0.25, 0.3) is 5.91 Å². The lowest BCUT2D eigenvalue weighted by molar-refractivity contribution is -0.130. The summed E-state index contributed by atoms with van der Waals surface area (Å²) in [6, 6.07) is 7.85. The van der Waals surface area contributed by atoms with Gasteiger partial charge in [-0.05, 0) is 25.1 Å². The summed E-state index contributed by atoms with van der Waals surface area (Å²) < 4.78 is 11.2. The van der Waals surface area contributed by atoms with Gasteiger partial charge in [-0.25, -0.2) is 0 Å². The molecule has 0 radical (unpaired) electrons. The zero-order chi connectivity index (χ0) is 14.4. The van der Waals surface area contributed by atoms with E-state index in [0.717, 1.165) is 13.0 Å². The highest BCUT2D eigenvalue weighted by molar-refractivity contribution is 5.81. The van der Waals surface area contributed by atoms with Crippen molar-refractivity contribution < 1.29 is 14.3 Å². The van der Waals surface area contributed by atoms with Gasteiger partial charge in [0.05, 0.1) is 0 Å². The van der Waals surface area contributed by atoms with Crippen molar-refractivity contribution in [2.75, 3.05) is 19.7 Å². The third-order valence-corrected chi connectivity index (χ3v) is 3.01. The Bertz CT molecular complexity index is 448. The fraction of sp³-hybridized carbons (Fsp3) is 0.533. The summed E-state index contributed by atoms with van der Waals surface area (Å²) in [7, 11) is 0. The van der Waals surface area contributed by atoms with Gasteiger partial charge in [-0.1, -0.05) is 26.0 Å². The van der Waals surface area contributed by atoms with Crippen LogP contribution in [0.25, 0.3) is 0 Å². The van der Waals surface area contributed by atoms with Crippen LogP contribution in [-0.2, 0) is 4.79 Å². The number of hydrogen-bond donors (Lipinski definition) is 2. The van der Waals surface area contributed by atoms with E-state index in [1.54, 1.807) is 6.07 Å².